The molecule has 4 nitrogen and oxygen atoms in total. The second-order valence-electron chi connectivity index (χ2n) is 2.95. The minimum absolute atomic E-state index is 0.168. The molecule has 0 saturated carbocycles. The van der Waals surface area contributed by atoms with Gasteiger partial charge in [-0.1, -0.05) is 12.1 Å². The molecule has 0 bridgehead atoms. The molecule has 0 saturated heterocycles. The van der Waals surface area contributed by atoms with Crippen LogP contribution in [0.5, 0.6) is 5.75 Å². The van der Waals surface area contributed by atoms with E-state index in [0.717, 1.165) is 10.9 Å². The summed E-state index contributed by atoms with van der Waals surface area (Å²) in [6, 6.07) is 7.04. The van der Waals surface area contributed by atoms with Crippen LogP contribution in [0.15, 0.2) is 30.5 Å². The van der Waals surface area contributed by atoms with E-state index in [4.69, 9.17) is 5.90 Å². The second kappa shape index (κ2) is 3.61. The Morgan fingerprint density at radius 3 is 3.00 bits per heavy atom. The number of phenols is 1. The Morgan fingerprint density at radius 2 is 2.21 bits per heavy atom. The van der Waals surface area contributed by atoms with E-state index in [-0.39, 0.29) is 5.75 Å². The smallest absolute Gasteiger partial charge is 0.141 e. The lowest BCUT2D eigenvalue weighted by atomic mass is 10.1. The van der Waals surface area contributed by atoms with Gasteiger partial charge in [-0.2, -0.15) is 0 Å². The van der Waals surface area contributed by atoms with Gasteiger partial charge in [-0.3, -0.25) is 9.82 Å². The van der Waals surface area contributed by atoms with Crippen molar-refractivity contribution in [3.8, 4) is 5.75 Å². The normalized spacial score (nSPS) is 10.6. The summed E-state index contributed by atoms with van der Waals surface area (Å²) in [6.45, 7) is 0.308. The molecular formula is C10H10N2O2. The molecule has 3 N–H and O–H groups in total. The van der Waals surface area contributed by atoms with Crippen molar-refractivity contribution in [3.63, 3.8) is 0 Å². The summed E-state index contributed by atoms with van der Waals surface area (Å²) in [4.78, 5) is 8.64. The van der Waals surface area contributed by atoms with Crippen LogP contribution in [-0.4, -0.2) is 10.1 Å². The van der Waals surface area contributed by atoms with Crippen molar-refractivity contribution >= 4 is 10.9 Å². The van der Waals surface area contributed by atoms with Gasteiger partial charge >= 0.3 is 0 Å². The summed E-state index contributed by atoms with van der Waals surface area (Å²) >= 11 is 0. The molecule has 0 fully saturated rings. The van der Waals surface area contributed by atoms with Gasteiger partial charge in [-0.25, -0.2) is 5.90 Å². The summed E-state index contributed by atoms with van der Waals surface area (Å²) < 4.78 is 0. The number of benzene rings is 1. The Balaban J connectivity index is 2.68. The molecule has 0 unspecified atom stereocenters. The number of nitrogens with two attached hydrogens (primary N) is 1. The number of phenolic OH excluding ortho intramolecular Hbond substituents is 1. The molecule has 0 aliphatic heterocycles. The van der Waals surface area contributed by atoms with Crippen molar-refractivity contribution in [2.45, 2.75) is 6.61 Å². The lowest BCUT2D eigenvalue weighted by molar-refractivity contribution is 0.125. The third-order valence-electron chi connectivity index (χ3n) is 2.08. The van der Waals surface area contributed by atoms with Crippen molar-refractivity contribution < 1.29 is 9.94 Å². The maximum Gasteiger partial charge on any atom is 0.141 e. The quantitative estimate of drug-likeness (QED) is 0.701. The molecule has 2 rings (SSSR count). The molecule has 2 aromatic rings. The first-order chi connectivity index (χ1) is 6.83. The molecule has 1 aromatic heterocycles. The average molecular weight is 190 g/mol. The first-order valence-electron chi connectivity index (χ1n) is 4.20. The summed E-state index contributed by atoms with van der Waals surface area (Å²) in [5.41, 5.74) is 1.48. The van der Waals surface area contributed by atoms with Gasteiger partial charge < -0.3 is 5.11 Å². The summed E-state index contributed by atoms with van der Waals surface area (Å²) in [6.07, 6.45) is 1.63. The first kappa shape index (κ1) is 8.93. The average Bonchev–Trinajstić information content (AvgIpc) is 2.23. The molecule has 0 spiro atoms. The zero-order valence-corrected chi connectivity index (χ0v) is 7.47. The molecule has 0 amide bonds. The maximum absolute atomic E-state index is 9.53. The van der Waals surface area contributed by atoms with Crippen LogP contribution in [0, 0.1) is 0 Å². The van der Waals surface area contributed by atoms with E-state index in [2.05, 4.69) is 9.82 Å². The minimum atomic E-state index is 0.168. The Labute approximate surface area is 80.9 Å². The number of hydrogen-bond acceptors (Lipinski definition) is 4. The number of hydrogen-bond donors (Lipinski definition) is 2. The van der Waals surface area contributed by atoms with Crippen molar-refractivity contribution in [3.05, 3.63) is 36.0 Å². The molecule has 0 atom stereocenters. The molecular weight excluding hydrogens is 180 g/mol. The molecule has 0 aliphatic rings. The van der Waals surface area contributed by atoms with E-state index in [1.165, 1.54) is 0 Å². The van der Waals surface area contributed by atoms with Crippen molar-refractivity contribution in [1.82, 2.24) is 4.98 Å². The highest BCUT2D eigenvalue weighted by Crippen LogP contribution is 2.25. The fraction of sp³-hybridized carbons (Fsp3) is 0.100. The monoisotopic (exact) mass is 190 g/mol. The highest BCUT2D eigenvalue weighted by molar-refractivity contribution is 5.86. The number of aromatic hydroxyl groups is 1. The Hall–Kier alpha value is -1.65. The second-order valence-corrected chi connectivity index (χ2v) is 2.95. The van der Waals surface area contributed by atoms with Crippen LogP contribution in [0.4, 0.5) is 0 Å². The molecule has 72 valence electrons. The van der Waals surface area contributed by atoms with E-state index in [1.54, 1.807) is 18.3 Å². The zero-order chi connectivity index (χ0) is 9.97. The Bertz CT molecular complexity index is 457. The topological polar surface area (TPSA) is 68.4 Å². The lowest BCUT2D eigenvalue weighted by Crippen LogP contribution is -1.99. The molecule has 14 heavy (non-hydrogen) atoms. The van der Waals surface area contributed by atoms with E-state index in [9.17, 15) is 5.11 Å². The number of pyridine rings is 1. The van der Waals surface area contributed by atoms with E-state index in [1.807, 2.05) is 12.1 Å². The van der Waals surface area contributed by atoms with Crippen LogP contribution in [0.2, 0.25) is 0 Å². The Morgan fingerprint density at radius 1 is 1.36 bits per heavy atom. The highest BCUT2D eigenvalue weighted by atomic mass is 16.6. The van der Waals surface area contributed by atoms with E-state index in [0.29, 0.717) is 12.1 Å². The number of rotatable bonds is 2. The Kier molecular flexibility index (Phi) is 2.30. The van der Waals surface area contributed by atoms with Gasteiger partial charge in [0.1, 0.15) is 11.3 Å². The van der Waals surface area contributed by atoms with Crippen LogP contribution < -0.4 is 5.90 Å². The molecule has 0 radical (unpaired) electrons. The van der Waals surface area contributed by atoms with Gasteiger partial charge in [0, 0.05) is 11.6 Å². The minimum Gasteiger partial charge on any atom is -0.506 e. The lowest BCUT2D eigenvalue weighted by Gasteiger charge is -2.05. The molecule has 1 heterocycles. The summed E-state index contributed by atoms with van der Waals surface area (Å²) in [7, 11) is 0. The summed E-state index contributed by atoms with van der Waals surface area (Å²) in [5.74, 6) is 5.17. The maximum atomic E-state index is 9.53. The van der Waals surface area contributed by atoms with Crippen LogP contribution in [0.1, 0.15) is 5.56 Å². The van der Waals surface area contributed by atoms with Crippen molar-refractivity contribution in [1.29, 1.82) is 0 Å². The SMILES string of the molecule is NOCc1ccc(O)c2ncccc12. The van der Waals surface area contributed by atoms with E-state index >= 15 is 0 Å². The standard InChI is InChI=1S/C10H10N2O2/c11-14-6-7-3-4-9(13)10-8(7)2-1-5-12-10/h1-5,13H,6,11H2. The molecule has 1 aromatic carbocycles. The fourth-order valence-corrected chi connectivity index (χ4v) is 1.43. The van der Waals surface area contributed by atoms with Gasteiger partial charge in [-0.15, -0.1) is 0 Å². The first-order valence-corrected chi connectivity index (χ1v) is 4.20. The van der Waals surface area contributed by atoms with Crippen LogP contribution in [0.3, 0.4) is 0 Å². The third kappa shape index (κ3) is 1.41. The van der Waals surface area contributed by atoms with Gasteiger partial charge in [0.15, 0.2) is 0 Å². The zero-order valence-electron chi connectivity index (χ0n) is 7.47. The van der Waals surface area contributed by atoms with Gasteiger partial charge in [0.25, 0.3) is 0 Å². The fourth-order valence-electron chi connectivity index (χ4n) is 1.43. The van der Waals surface area contributed by atoms with Crippen LogP contribution in [-0.2, 0) is 11.4 Å². The predicted molar refractivity (Wildman–Crippen MR) is 52.4 cm³/mol. The molecule has 4 heteroatoms. The van der Waals surface area contributed by atoms with Crippen LogP contribution in [0.25, 0.3) is 10.9 Å². The van der Waals surface area contributed by atoms with Crippen LogP contribution >= 0.6 is 0 Å². The number of fused-ring (bicyclic) bond motifs is 1. The van der Waals surface area contributed by atoms with Crippen molar-refractivity contribution in [2.75, 3.05) is 0 Å². The number of aromatic nitrogens is 1. The van der Waals surface area contributed by atoms with Gasteiger partial charge in [0.2, 0.25) is 0 Å². The highest BCUT2D eigenvalue weighted by Gasteiger charge is 2.05. The summed E-state index contributed by atoms with van der Waals surface area (Å²) in [5, 5.41) is 10.4. The van der Waals surface area contributed by atoms with Crippen molar-refractivity contribution in [2.24, 2.45) is 5.90 Å². The largest absolute Gasteiger partial charge is 0.506 e. The third-order valence-corrected chi connectivity index (χ3v) is 2.08. The van der Waals surface area contributed by atoms with Gasteiger partial charge in [-0.05, 0) is 17.7 Å². The molecule has 0 aliphatic carbocycles. The predicted octanol–water partition coefficient (Wildman–Crippen LogP) is 1.33. The van der Waals surface area contributed by atoms with Gasteiger partial charge in [0.05, 0.1) is 6.61 Å². The number of nitrogens with zero attached hydrogens (tertiary/aromatic N) is 1. The van der Waals surface area contributed by atoms with E-state index < -0.39 is 0 Å².